The molecule has 0 fully saturated rings. The van der Waals surface area contributed by atoms with E-state index in [-0.39, 0.29) is 4.90 Å². The molecule has 0 bridgehead atoms. The Hall–Kier alpha value is -1.93. The fourth-order valence-corrected chi connectivity index (χ4v) is 2.22. The third kappa shape index (κ3) is 3.54. The van der Waals surface area contributed by atoms with Crippen LogP contribution in [0, 0.1) is 5.92 Å². The molecule has 0 aliphatic rings. The summed E-state index contributed by atoms with van der Waals surface area (Å²) in [5, 5.41) is 17.2. The lowest BCUT2D eigenvalue weighted by atomic mass is 10.1. The average molecular weight is 273 g/mol. The zero-order valence-electron chi connectivity index (χ0n) is 9.11. The minimum absolute atomic E-state index is 0.0560. The highest BCUT2D eigenvalue weighted by atomic mass is 32.2. The molecule has 0 aromatic heterocycles. The molecule has 0 aliphatic heterocycles. The van der Waals surface area contributed by atoms with E-state index in [0.717, 1.165) is 0 Å². The van der Waals surface area contributed by atoms with E-state index in [1.807, 2.05) is 4.72 Å². The van der Waals surface area contributed by atoms with Crippen LogP contribution in [0.15, 0.2) is 35.2 Å². The summed E-state index contributed by atoms with van der Waals surface area (Å²) in [4.78, 5) is 21.1. The predicted octanol–water partition coefficient (Wildman–Crippen LogP) is -0.250. The number of carbonyl (C=O) groups is 2. The molecule has 0 amide bonds. The van der Waals surface area contributed by atoms with E-state index < -0.39 is 34.4 Å². The molecule has 0 aliphatic carbocycles. The minimum atomic E-state index is -3.90. The zero-order valence-corrected chi connectivity index (χ0v) is 9.92. The van der Waals surface area contributed by atoms with Crippen LogP contribution in [0.3, 0.4) is 0 Å². The summed E-state index contributed by atoms with van der Waals surface area (Å²) >= 11 is 0. The Balaban J connectivity index is 2.80. The van der Waals surface area contributed by atoms with Gasteiger partial charge in [0.05, 0.1) is 4.90 Å². The second-order valence-corrected chi connectivity index (χ2v) is 5.16. The number of hydrogen-bond donors (Lipinski definition) is 3. The molecule has 7 nitrogen and oxygen atoms in total. The van der Waals surface area contributed by atoms with E-state index in [4.69, 9.17) is 10.2 Å². The van der Waals surface area contributed by atoms with Crippen LogP contribution in [-0.2, 0) is 19.6 Å². The van der Waals surface area contributed by atoms with Crippen LogP contribution < -0.4 is 4.72 Å². The largest absolute Gasteiger partial charge is 0.481 e. The average Bonchev–Trinajstić information content (AvgIpc) is 2.29. The van der Waals surface area contributed by atoms with Crippen molar-refractivity contribution in [2.75, 3.05) is 6.54 Å². The number of carboxylic acids is 2. The standard InChI is InChI=1S/C10H11NO6S/c12-9(13)8(10(14)15)6-11-18(16,17)7-4-2-1-3-5-7/h1-5,8,11H,6H2,(H,12,13)(H,14,15). The van der Waals surface area contributed by atoms with Crippen molar-refractivity contribution in [2.24, 2.45) is 5.92 Å². The topological polar surface area (TPSA) is 121 Å². The first kappa shape index (κ1) is 14.1. The first-order valence-corrected chi connectivity index (χ1v) is 6.33. The zero-order chi connectivity index (χ0) is 13.8. The van der Waals surface area contributed by atoms with Crippen LogP contribution in [-0.4, -0.2) is 37.1 Å². The van der Waals surface area contributed by atoms with Crippen LogP contribution >= 0.6 is 0 Å². The normalized spacial score (nSPS) is 11.4. The number of aliphatic carboxylic acids is 2. The highest BCUT2D eigenvalue weighted by molar-refractivity contribution is 7.89. The van der Waals surface area contributed by atoms with Crippen LogP contribution in [0.5, 0.6) is 0 Å². The van der Waals surface area contributed by atoms with Crippen molar-refractivity contribution in [3.63, 3.8) is 0 Å². The second kappa shape index (κ2) is 5.61. The molecule has 0 atom stereocenters. The molecule has 0 spiro atoms. The van der Waals surface area contributed by atoms with Crippen LogP contribution in [0.25, 0.3) is 0 Å². The minimum Gasteiger partial charge on any atom is -0.481 e. The number of nitrogens with one attached hydrogen (secondary N) is 1. The molecule has 8 heteroatoms. The molecule has 1 rings (SSSR count). The number of carboxylic acid groups (broad SMARTS) is 2. The van der Waals surface area contributed by atoms with Gasteiger partial charge in [-0.1, -0.05) is 18.2 Å². The van der Waals surface area contributed by atoms with Crippen molar-refractivity contribution < 1.29 is 28.2 Å². The summed E-state index contributed by atoms with van der Waals surface area (Å²) in [7, 11) is -3.90. The van der Waals surface area contributed by atoms with Gasteiger partial charge in [-0.25, -0.2) is 13.1 Å². The van der Waals surface area contributed by atoms with Crippen molar-refractivity contribution in [2.45, 2.75) is 4.90 Å². The predicted molar refractivity (Wildman–Crippen MR) is 60.4 cm³/mol. The second-order valence-electron chi connectivity index (χ2n) is 3.39. The molecule has 1 aromatic carbocycles. The fourth-order valence-electron chi connectivity index (χ4n) is 1.16. The molecule has 98 valence electrons. The first-order chi connectivity index (χ1) is 8.34. The fraction of sp³-hybridized carbons (Fsp3) is 0.200. The molecular formula is C10H11NO6S. The van der Waals surface area contributed by atoms with E-state index in [1.54, 1.807) is 6.07 Å². The summed E-state index contributed by atoms with van der Waals surface area (Å²) in [6, 6.07) is 7.26. The Morgan fingerprint density at radius 2 is 1.61 bits per heavy atom. The Kier molecular flexibility index (Phi) is 4.40. The molecule has 1 aromatic rings. The molecular weight excluding hydrogens is 262 g/mol. The highest BCUT2D eigenvalue weighted by Crippen LogP contribution is 2.07. The quantitative estimate of drug-likeness (QED) is 0.614. The molecule has 0 saturated heterocycles. The number of benzene rings is 1. The van der Waals surface area contributed by atoms with E-state index in [2.05, 4.69) is 0 Å². The Morgan fingerprint density at radius 1 is 1.11 bits per heavy atom. The van der Waals surface area contributed by atoms with Gasteiger partial charge in [-0.3, -0.25) is 9.59 Å². The van der Waals surface area contributed by atoms with E-state index >= 15 is 0 Å². The molecule has 0 unspecified atom stereocenters. The van der Waals surface area contributed by atoms with Gasteiger partial charge in [-0.05, 0) is 12.1 Å². The summed E-state index contributed by atoms with van der Waals surface area (Å²) in [5.41, 5.74) is 0. The SMILES string of the molecule is O=C(O)C(CNS(=O)(=O)c1ccccc1)C(=O)O. The van der Waals surface area contributed by atoms with Crippen molar-refractivity contribution in [1.29, 1.82) is 0 Å². The molecule has 0 radical (unpaired) electrons. The van der Waals surface area contributed by atoms with Gasteiger partial charge in [0.1, 0.15) is 0 Å². The number of sulfonamides is 1. The van der Waals surface area contributed by atoms with Gasteiger partial charge in [0.25, 0.3) is 0 Å². The smallest absolute Gasteiger partial charge is 0.319 e. The lowest BCUT2D eigenvalue weighted by Crippen LogP contribution is -2.37. The van der Waals surface area contributed by atoms with Gasteiger partial charge in [0, 0.05) is 6.54 Å². The van der Waals surface area contributed by atoms with Gasteiger partial charge in [-0.2, -0.15) is 0 Å². The Labute approximate surface area is 103 Å². The van der Waals surface area contributed by atoms with Crippen LogP contribution in [0.4, 0.5) is 0 Å². The molecule has 18 heavy (non-hydrogen) atoms. The van der Waals surface area contributed by atoms with Crippen molar-refractivity contribution in [1.82, 2.24) is 4.72 Å². The Morgan fingerprint density at radius 3 is 2.06 bits per heavy atom. The molecule has 0 heterocycles. The van der Waals surface area contributed by atoms with Gasteiger partial charge in [0.15, 0.2) is 5.92 Å². The lowest BCUT2D eigenvalue weighted by Gasteiger charge is -2.09. The van der Waals surface area contributed by atoms with E-state index in [1.165, 1.54) is 24.3 Å². The lowest BCUT2D eigenvalue weighted by molar-refractivity contribution is -0.153. The summed E-state index contributed by atoms with van der Waals surface area (Å²) in [6.07, 6.45) is 0. The maximum Gasteiger partial charge on any atom is 0.319 e. The monoisotopic (exact) mass is 273 g/mol. The van der Waals surface area contributed by atoms with Crippen LogP contribution in [0.2, 0.25) is 0 Å². The maximum absolute atomic E-state index is 11.7. The van der Waals surface area contributed by atoms with Crippen LogP contribution in [0.1, 0.15) is 0 Å². The maximum atomic E-state index is 11.7. The third-order valence-corrected chi connectivity index (χ3v) is 3.57. The van der Waals surface area contributed by atoms with Crippen molar-refractivity contribution >= 4 is 22.0 Å². The molecule has 0 saturated carbocycles. The van der Waals surface area contributed by atoms with Gasteiger partial charge in [0.2, 0.25) is 10.0 Å². The van der Waals surface area contributed by atoms with Gasteiger partial charge >= 0.3 is 11.9 Å². The number of hydrogen-bond acceptors (Lipinski definition) is 4. The molecule has 3 N–H and O–H groups in total. The summed E-state index contributed by atoms with van der Waals surface area (Å²) in [6.45, 7) is -0.706. The summed E-state index contributed by atoms with van der Waals surface area (Å²) in [5.74, 6) is -5.01. The van der Waals surface area contributed by atoms with Gasteiger partial charge < -0.3 is 10.2 Å². The first-order valence-electron chi connectivity index (χ1n) is 4.85. The van der Waals surface area contributed by atoms with Crippen molar-refractivity contribution in [3.05, 3.63) is 30.3 Å². The van der Waals surface area contributed by atoms with E-state index in [0.29, 0.717) is 0 Å². The Bertz CT molecular complexity index is 525. The highest BCUT2D eigenvalue weighted by Gasteiger charge is 2.27. The third-order valence-electron chi connectivity index (χ3n) is 2.13. The summed E-state index contributed by atoms with van der Waals surface area (Å²) < 4.78 is 25.3. The van der Waals surface area contributed by atoms with Crippen molar-refractivity contribution in [3.8, 4) is 0 Å². The van der Waals surface area contributed by atoms with Gasteiger partial charge in [-0.15, -0.1) is 0 Å². The number of rotatable bonds is 6. The van der Waals surface area contributed by atoms with E-state index in [9.17, 15) is 18.0 Å².